The van der Waals surface area contributed by atoms with Gasteiger partial charge in [0.05, 0.1) is 23.1 Å². The second-order valence-corrected chi connectivity index (χ2v) is 3.95. The molecule has 6 nitrogen and oxygen atoms in total. The molecule has 3 aromatic rings. The monoisotopic (exact) mass is 242 g/mol. The molecule has 0 saturated heterocycles. The van der Waals surface area contributed by atoms with Crippen LogP contribution in [0.5, 0.6) is 0 Å². The topological polar surface area (TPSA) is 83.8 Å². The van der Waals surface area contributed by atoms with Crippen LogP contribution < -0.4 is 0 Å². The summed E-state index contributed by atoms with van der Waals surface area (Å²) in [5, 5.41) is 20.9. The van der Waals surface area contributed by atoms with Crippen molar-refractivity contribution in [3.05, 3.63) is 36.0 Å². The predicted octanol–water partition coefficient (Wildman–Crippen LogP) is 1.66. The molecule has 0 bridgehead atoms. The molecule has 0 saturated carbocycles. The minimum absolute atomic E-state index is 0.142. The van der Waals surface area contributed by atoms with Crippen molar-refractivity contribution in [2.24, 2.45) is 7.05 Å². The van der Waals surface area contributed by atoms with E-state index in [9.17, 15) is 4.79 Å². The first-order valence-corrected chi connectivity index (χ1v) is 5.37. The lowest BCUT2D eigenvalue weighted by Gasteiger charge is -2.01. The van der Waals surface area contributed by atoms with Crippen LogP contribution in [-0.2, 0) is 7.05 Å². The minimum atomic E-state index is -1.01. The Morgan fingerprint density at radius 1 is 1.39 bits per heavy atom. The van der Waals surface area contributed by atoms with E-state index in [2.05, 4.69) is 15.3 Å². The van der Waals surface area contributed by atoms with E-state index in [0.717, 1.165) is 16.6 Å². The molecule has 0 radical (unpaired) electrons. The lowest BCUT2D eigenvalue weighted by molar-refractivity contribution is 0.0698. The Labute approximate surface area is 102 Å². The molecule has 0 unspecified atom stereocenters. The highest BCUT2D eigenvalue weighted by atomic mass is 16.4. The number of nitrogens with zero attached hydrogens (tertiary/aromatic N) is 3. The molecule has 0 fully saturated rings. The van der Waals surface area contributed by atoms with Crippen molar-refractivity contribution >= 4 is 16.9 Å². The number of H-pyrrole nitrogens is 1. The molecule has 0 spiro atoms. The molecule has 2 heterocycles. The summed E-state index contributed by atoms with van der Waals surface area (Å²) in [6.07, 6.45) is 1.30. The zero-order chi connectivity index (χ0) is 12.7. The van der Waals surface area contributed by atoms with Gasteiger partial charge in [-0.15, -0.1) is 0 Å². The summed E-state index contributed by atoms with van der Waals surface area (Å²) < 4.78 is 1.66. The number of nitrogens with one attached hydrogen (secondary N) is 1. The number of carbonyl (C=O) groups is 1. The standard InChI is InChI=1S/C12H10N4O2/c1-16-11(7-4-2-3-5-9(7)15-16)10-8(12(17)18)6-13-14-10/h2-6H,1H3,(H,13,14)(H,17,18). The normalized spacial score (nSPS) is 10.9. The van der Waals surface area contributed by atoms with Gasteiger partial charge in [-0.25, -0.2) is 4.79 Å². The van der Waals surface area contributed by atoms with Gasteiger partial charge in [-0.3, -0.25) is 9.78 Å². The Hall–Kier alpha value is -2.63. The van der Waals surface area contributed by atoms with Gasteiger partial charge in [0.25, 0.3) is 0 Å². The van der Waals surface area contributed by atoms with Gasteiger partial charge >= 0.3 is 5.97 Å². The van der Waals surface area contributed by atoms with Crippen molar-refractivity contribution in [3.63, 3.8) is 0 Å². The van der Waals surface area contributed by atoms with Gasteiger partial charge in [0.2, 0.25) is 0 Å². The predicted molar refractivity (Wildman–Crippen MR) is 65.3 cm³/mol. The van der Waals surface area contributed by atoms with Crippen molar-refractivity contribution in [3.8, 4) is 11.4 Å². The average Bonchev–Trinajstić information content (AvgIpc) is 2.91. The van der Waals surface area contributed by atoms with E-state index < -0.39 is 5.97 Å². The first-order chi connectivity index (χ1) is 8.68. The average molecular weight is 242 g/mol. The van der Waals surface area contributed by atoms with Crippen molar-refractivity contribution in [1.82, 2.24) is 20.0 Å². The van der Waals surface area contributed by atoms with E-state index in [4.69, 9.17) is 5.11 Å². The number of fused-ring (bicyclic) bond motifs is 1. The van der Waals surface area contributed by atoms with Gasteiger partial charge in [0.1, 0.15) is 5.56 Å². The van der Waals surface area contributed by atoms with Crippen LogP contribution in [0.15, 0.2) is 30.5 Å². The largest absolute Gasteiger partial charge is 0.478 e. The molecule has 2 aromatic heterocycles. The van der Waals surface area contributed by atoms with E-state index in [-0.39, 0.29) is 5.56 Å². The highest BCUT2D eigenvalue weighted by Crippen LogP contribution is 2.28. The number of aromatic nitrogens is 4. The third-order valence-corrected chi connectivity index (χ3v) is 2.85. The van der Waals surface area contributed by atoms with E-state index >= 15 is 0 Å². The smallest absolute Gasteiger partial charge is 0.339 e. The van der Waals surface area contributed by atoms with Crippen LogP contribution in [0.25, 0.3) is 22.3 Å². The third-order valence-electron chi connectivity index (χ3n) is 2.85. The van der Waals surface area contributed by atoms with Gasteiger partial charge < -0.3 is 5.11 Å². The Bertz CT molecular complexity index is 741. The molecule has 0 aliphatic rings. The van der Waals surface area contributed by atoms with Crippen LogP contribution in [-0.4, -0.2) is 31.1 Å². The van der Waals surface area contributed by atoms with Crippen LogP contribution in [0.1, 0.15) is 10.4 Å². The van der Waals surface area contributed by atoms with E-state index in [1.807, 2.05) is 24.3 Å². The molecule has 3 rings (SSSR count). The maximum absolute atomic E-state index is 11.1. The number of benzene rings is 1. The Morgan fingerprint density at radius 2 is 2.17 bits per heavy atom. The number of aromatic carboxylic acids is 1. The highest BCUT2D eigenvalue weighted by molar-refractivity contribution is 6.00. The number of hydrogen-bond acceptors (Lipinski definition) is 3. The van der Waals surface area contributed by atoms with Crippen LogP contribution in [0.4, 0.5) is 0 Å². The SMILES string of the molecule is Cn1nc2ccccc2c1-c1[nH]ncc1C(=O)O. The molecule has 90 valence electrons. The second-order valence-electron chi connectivity index (χ2n) is 3.95. The highest BCUT2D eigenvalue weighted by Gasteiger charge is 2.19. The molecule has 0 atom stereocenters. The fourth-order valence-corrected chi connectivity index (χ4v) is 2.07. The van der Waals surface area contributed by atoms with Gasteiger partial charge in [-0.05, 0) is 6.07 Å². The Balaban J connectivity index is 2.34. The zero-order valence-electron chi connectivity index (χ0n) is 9.58. The van der Waals surface area contributed by atoms with Gasteiger partial charge in [0.15, 0.2) is 0 Å². The number of rotatable bonds is 2. The summed E-state index contributed by atoms with van der Waals surface area (Å²) in [6, 6.07) is 7.58. The molecule has 2 N–H and O–H groups in total. The summed E-state index contributed by atoms with van der Waals surface area (Å²) in [7, 11) is 1.78. The lowest BCUT2D eigenvalue weighted by atomic mass is 10.1. The summed E-state index contributed by atoms with van der Waals surface area (Å²) in [6.45, 7) is 0. The maximum Gasteiger partial charge on any atom is 0.339 e. The fraction of sp³-hybridized carbons (Fsp3) is 0.0833. The summed E-state index contributed by atoms with van der Waals surface area (Å²) in [5.41, 5.74) is 2.16. The third kappa shape index (κ3) is 1.39. The molecule has 18 heavy (non-hydrogen) atoms. The summed E-state index contributed by atoms with van der Waals surface area (Å²) >= 11 is 0. The Morgan fingerprint density at radius 3 is 2.94 bits per heavy atom. The van der Waals surface area contributed by atoms with Gasteiger partial charge in [-0.1, -0.05) is 18.2 Å². The zero-order valence-corrected chi connectivity index (χ0v) is 9.58. The van der Waals surface area contributed by atoms with Crippen LogP contribution in [0.3, 0.4) is 0 Å². The van der Waals surface area contributed by atoms with Crippen molar-refractivity contribution in [2.45, 2.75) is 0 Å². The fourth-order valence-electron chi connectivity index (χ4n) is 2.07. The number of hydrogen-bond donors (Lipinski definition) is 2. The van der Waals surface area contributed by atoms with E-state index in [1.165, 1.54) is 6.20 Å². The van der Waals surface area contributed by atoms with Crippen molar-refractivity contribution in [2.75, 3.05) is 0 Å². The minimum Gasteiger partial charge on any atom is -0.478 e. The van der Waals surface area contributed by atoms with Crippen molar-refractivity contribution in [1.29, 1.82) is 0 Å². The summed E-state index contributed by atoms with van der Waals surface area (Å²) in [5.74, 6) is -1.01. The number of carboxylic acids is 1. The molecular formula is C12H10N4O2. The van der Waals surface area contributed by atoms with E-state index in [1.54, 1.807) is 11.7 Å². The first kappa shape index (κ1) is 10.5. The quantitative estimate of drug-likeness (QED) is 0.715. The van der Waals surface area contributed by atoms with E-state index in [0.29, 0.717) is 5.69 Å². The van der Waals surface area contributed by atoms with Crippen LogP contribution >= 0.6 is 0 Å². The second kappa shape index (κ2) is 3.69. The molecule has 1 aromatic carbocycles. The molecule has 0 amide bonds. The Kier molecular flexibility index (Phi) is 2.16. The number of carboxylic acid groups (broad SMARTS) is 1. The van der Waals surface area contributed by atoms with Gasteiger partial charge in [0, 0.05) is 12.4 Å². The molecule has 6 heteroatoms. The lowest BCUT2D eigenvalue weighted by Crippen LogP contribution is -2.00. The van der Waals surface area contributed by atoms with Gasteiger partial charge in [-0.2, -0.15) is 10.2 Å². The van der Waals surface area contributed by atoms with Crippen LogP contribution in [0, 0.1) is 0 Å². The number of aryl methyl sites for hydroxylation is 1. The maximum atomic E-state index is 11.1. The number of aromatic amines is 1. The molecular weight excluding hydrogens is 232 g/mol. The summed E-state index contributed by atoms with van der Waals surface area (Å²) in [4.78, 5) is 11.1. The van der Waals surface area contributed by atoms with Crippen LogP contribution in [0.2, 0.25) is 0 Å². The first-order valence-electron chi connectivity index (χ1n) is 5.37. The molecule has 0 aliphatic carbocycles. The molecule has 0 aliphatic heterocycles. The van der Waals surface area contributed by atoms with Crippen molar-refractivity contribution < 1.29 is 9.90 Å².